The average Bonchev–Trinajstić information content (AvgIpc) is 2.83. The van der Waals surface area contributed by atoms with Gasteiger partial charge in [0.05, 0.1) is 25.4 Å². The first-order valence-corrected chi connectivity index (χ1v) is 6.71. The highest BCUT2D eigenvalue weighted by Crippen LogP contribution is 2.43. The second-order valence-electron chi connectivity index (χ2n) is 5.69. The zero-order chi connectivity index (χ0) is 11.0. The van der Waals surface area contributed by atoms with E-state index in [4.69, 9.17) is 9.47 Å². The lowest BCUT2D eigenvalue weighted by molar-refractivity contribution is -0.184. The van der Waals surface area contributed by atoms with Gasteiger partial charge >= 0.3 is 0 Å². The fourth-order valence-corrected chi connectivity index (χ4v) is 3.37. The van der Waals surface area contributed by atoms with E-state index in [1.54, 1.807) is 0 Å². The van der Waals surface area contributed by atoms with Crippen LogP contribution >= 0.6 is 0 Å². The number of fused-ring (bicyclic) bond motifs is 2. The molecule has 1 saturated carbocycles. The topological polar surface area (TPSA) is 18.5 Å². The van der Waals surface area contributed by atoms with Crippen LogP contribution in [-0.2, 0) is 9.47 Å². The van der Waals surface area contributed by atoms with Crippen molar-refractivity contribution in [3.63, 3.8) is 0 Å². The van der Waals surface area contributed by atoms with Crippen LogP contribution in [0.1, 0.15) is 32.6 Å². The molecule has 2 fully saturated rings. The molecule has 1 heterocycles. The van der Waals surface area contributed by atoms with Crippen LogP contribution in [0.4, 0.5) is 0 Å². The molecule has 3 aliphatic rings. The Morgan fingerprint density at radius 1 is 1.38 bits per heavy atom. The predicted molar refractivity (Wildman–Crippen MR) is 63.3 cm³/mol. The van der Waals surface area contributed by atoms with Gasteiger partial charge < -0.3 is 9.47 Å². The van der Waals surface area contributed by atoms with Crippen molar-refractivity contribution < 1.29 is 9.47 Å². The van der Waals surface area contributed by atoms with Crippen molar-refractivity contribution in [2.45, 2.75) is 38.2 Å². The van der Waals surface area contributed by atoms with E-state index in [0.29, 0.717) is 0 Å². The molecule has 4 unspecified atom stereocenters. The molecule has 16 heavy (non-hydrogen) atoms. The van der Waals surface area contributed by atoms with Gasteiger partial charge in [-0.2, -0.15) is 0 Å². The van der Waals surface area contributed by atoms with Crippen molar-refractivity contribution in [1.29, 1.82) is 0 Å². The number of allylic oxidation sites excluding steroid dienone is 2. The van der Waals surface area contributed by atoms with E-state index in [2.05, 4.69) is 19.1 Å². The third-order valence-corrected chi connectivity index (χ3v) is 4.72. The van der Waals surface area contributed by atoms with Crippen LogP contribution in [0.15, 0.2) is 12.2 Å². The molecule has 2 aliphatic carbocycles. The third-order valence-electron chi connectivity index (χ3n) is 4.72. The summed E-state index contributed by atoms with van der Waals surface area (Å²) in [4.78, 5) is 0. The van der Waals surface area contributed by atoms with Gasteiger partial charge in [-0.15, -0.1) is 0 Å². The monoisotopic (exact) mass is 222 g/mol. The Morgan fingerprint density at radius 3 is 2.75 bits per heavy atom. The highest BCUT2D eigenvalue weighted by molar-refractivity contribution is 5.10. The van der Waals surface area contributed by atoms with E-state index in [1.165, 1.54) is 19.3 Å². The fraction of sp³-hybridized carbons (Fsp3) is 0.857. The molecule has 4 atom stereocenters. The maximum atomic E-state index is 5.91. The summed E-state index contributed by atoms with van der Waals surface area (Å²) in [6.45, 7) is 4.87. The lowest BCUT2D eigenvalue weighted by Crippen LogP contribution is -2.47. The maximum absolute atomic E-state index is 5.91. The summed E-state index contributed by atoms with van der Waals surface area (Å²) in [5, 5.41) is 0. The predicted octanol–water partition coefficient (Wildman–Crippen LogP) is 2.78. The van der Waals surface area contributed by atoms with Crippen molar-refractivity contribution in [2.75, 3.05) is 19.8 Å². The van der Waals surface area contributed by atoms with Crippen LogP contribution in [0, 0.1) is 17.8 Å². The molecule has 2 bridgehead atoms. The Labute approximate surface area is 98.0 Å². The summed E-state index contributed by atoms with van der Waals surface area (Å²) >= 11 is 0. The molecule has 90 valence electrons. The fourth-order valence-electron chi connectivity index (χ4n) is 3.37. The first kappa shape index (κ1) is 10.8. The molecule has 2 nitrogen and oxygen atoms in total. The summed E-state index contributed by atoms with van der Waals surface area (Å²) in [5.41, 5.74) is 0.0768. The molecule has 3 rings (SSSR count). The maximum Gasteiger partial charge on any atom is 0.0934 e. The molecule has 2 heteroatoms. The molecule has 0 spiro atoms. The number of hydrogen-bond donors (Lipinski definition) is 0. The molecule has 1 aliphatic heterocycles. The van der Waals surface area contributed by atoms with Crippen molar-refractivity contribution in [1.82, 2.24) is 0 Å². The largest absolute Gasteiger partial charge is 0.378 e. The van der Waals surface area contributed by atoms with Gasteiger partial charge in [-0.05, 0) is 37.0 Å². The zero-order valence-electron chi connectivity index (χ0n) is 10.2. The second kappa shape index (κ2) is 4.15. The Hall–Kier alpha value is -0.340. The molecule has 0 radical (unpaired) electrons. The minimum absolute atomic E-state index is 0.0768. The van der Waals surface area contributed by atoms with Gasteiger partial charge in [-0.25, -0.2) is 0 Å². The van der Waals surface area contributed by atoms with Crippen molar-refractivity contribution in [2.24, 2.45) is 17.8 Å². The SMILES string of the molecule is CCC1(COCC2CC3C=CC2C3)CCO1. The van der Waals surface area contributed by atoms with Gasteiger partial charge in [0.15, 0.2) is 0 Å². The molecule has 0 aromatic rings. The van der Waals surface area contributed by atoms with Gasteiger partial charge in [0, 0.05) is 6.42 Å². The first-order chi connectivity index (χ1) is 7.81. The lowest BCUT2D eigenvalue weighted by atomic mass is 9.92. The van der Waals surface area contributed by atoms with Gasteiger partial charge in [0.2, 0.25) is 0 Å². The summed E-state index contributed by atoms with van der Waals surface area (Å²) in [6.07, 6.45) is 9.79. The standard InChI is InChI=1S/C14H22O2/c1-2-14(5-6-16-14)10-15-9-13-8-11-3-4-12(13)7-11/h3-4,11-13H,2,5-10H2,1H3. The highest BCUT2D eigenvalue weighted by atomic mass is 16.6. The minimum Gasteiger partial charge on any atom is -0.378 e. The molecule has 0 aromatic heterocycles. The van der Waals surface area contributed by atoms with Gasteiger partial charge in [-0.1, -0.05) is 19.1 Å². The van der Waals surface area contributed by atoms with Crippen LogP contribution in [0.2, 0.25) is 0 Å². The molecular weight excluding hydrogens is 200 g/mol. The highest BCUT2D eigenvalue weighted by Gasteiger charge is 2.39. The van der Waals surface area contributed by atoms with Crippen molar-refractivity contribution in [3.05, 3.63) is 12.2 Å². The van der Waals surface area contributed by atoms with Crippen LogP contribution in [0.5, 0.6) is 0 Å². The molecule has 0 aromatic carbocycles. The first-order valence-electron chi connectivity index (χ1n) is 6.71. The van der Waals surface area contributed by atoms with Crippen LogP contribution in [0.25, 0.3) is 0 Å². The number of hydrogen-bond acceptors (Lipinski definition) is 2. The molecular formula is C14H22O2. The van der Waals surface area contributed by atoms with Gasteiger partial charge in [0.25, 0.3) is 0 Å². The molecule has 1 saturated heterocycles. The van der Waals surface area contributed by atoms with Crippen molar-refractivity contribution in [3.8, 4) is 0 Å². The second-order valence-corrected chi connectivity index (χ2v) is 5.69. The van der Waals surface area contributed by atoms with Crippen LogP contribution in [-0.4, -0.2) is 25.4 Å². The Kier molecular flexibility index (Phi) is 2.80. The zero-order valence-corrected chi connectivity index (χ0v) is 10.2. The van der Waals surface area contributed by atoms with Crippen LogP contribution in [0.3, 0.4) is 0 Å². The minimum atomic E-state index is 0.0768. The Morgan fingerprint density at radius 2 is 2.25 bits per heavy atom. The summed E-state index contributed by atoms with van der Waals surface area (Å²) < 4.78 is 11.6. The lowest BCUT2D eigenvalue weighted by Gasteiger charge is -2.41. The molecule has 0 amide bonds. The van der Waals surface area contributed by atoms with E-state index in [0.717, 1.165) is 44.0 Å². The average molecular weight is 222 g/mol. The third kappa shape index (κ3) is 1.82. The summed E-state index contributed by atoms with van der Waals surface area (Å²) in [7, 11) is 0. The van der Waals surface area contributed by atoms with Crippen LogP contribution < -0.4 is 0 Å². The van der Waals surface area contributed by atoms with E-state index in [1.807, 2.05) is 0 Å². The summed E-state index contributed by atoms with van der Waals surface area (Å²) in [6, 6.07) is 0. The number of rotatable bonds is 5. The van der Waals surface area contributed by atoms with E-state index < -0.39 is 0 Å². The Balaban J connectivity index is 1.42. The van der Waals surface area contributed by atoms with Gasteiger partial charge in [-0.3, -0.25) is 0 Å². The Bertz CT molecular complexity index is 275. The van der Waals surface area contributed by atoms with E-state index >= 15 is 0 Å². The number of ether oxygens (including phenoxy) is 2. The smallest absolute Gasteiger partial charge is 0.0934 e. The summed E-state index contributed by atoms with van der Waals surface area (Å²) in [5.74, 6) is 2.45. The van der Waals surface area contributed by atoms with E-state index in [9.17, 15) is 0 Å². The quantitative estimate of drug-likeness (QED) is 0.666. The van der Waals surface area contributed by atoms with Crippen molar-refractivity contribution >= 4 is 0 Å². The normalized spacial score (nSPS) is 44.9. The molecule has 0 N–H and O–H groups in total. The van der Waals surface area contributed by atoms with Gasteiger partial charge in [0.1, 0.15) is 0 Å². The van der Waals surface area contributed by atoms with E-state index in [-0.39, 0.29) is 5.60 Å².